The van der Waals surface area contributed by atoms with Crippen LogP contribution >= 0.6 is 0 Å². The van der Waals surface area contributed by atoms with Gasteiger partial charge in [0.1, 0.15) is 18.0 Å². The van der Waals surface area contributed by atoms with Crippen LogP contribution in [0.5, 0.6) is 0 Å². The van der Waals surface area contributed by atoms with E-state index in [0.717, 1.165) is 17.6 Å². The van der Waals surface area contributed by atoms with Crippen molar-refractivity contribution in [3.8, 4) is 0 Å². The largest absolute Gasteiger partial charge is 0.384 e. The lowest BCUT2D eigenvalue weighted by molar-refractivity contribution is 0.648. The highest BCUT2D eigenvalue weighted by molar-refractivity contribution is 5.87. The van der Waals surface area contributed by atoms with Crippen LogP contribution in [0.3, 0.4) is 0 Å². The second-order valence-corrected chi connectivity index (χ2v) is 6.03. The Morgan fingerprint density at radius 3 is 2.74 bits per heavy atom. The summed E-state index contributed by atoms with van der Waals surface area (Å²) in [5, 5.41) is 4.54. The van der Waals surface area contributed by atoms with Crippen LogP contribution in [-0.4, -0.2) is 21.0 Å². The second-order valence-electron chi connectivity index (χ2n) is 6.03. The summed E-state index contributed by atoms with van der Waals surface area (Å²) in [5.41, 5.74) is 7.77. The van der Waals surface area contributed by atoms with Gasteiger partial charge < -0.3 is 11.1 Å². The molecule has 0 spiro atoms. The Morgan fingerprint density at radius 1 is 1.00 bits per heavy atom. The van der Waals surface area contributed by atoms with Gasteiger partial charge in [-0.1, -0.05) is 36.8 Å². The first kappa shape index (κ1) is 13.9. The predicted octanol–water partition coefficient (Wildman–Crippen LogP) is 3.36. The number of hydrogen-bond acceptors (Lipinski definition) is 5. The number of pyridine rings is 1. The number of anilines is 2. The molecule has 1 aromatic carbocycles. The Hall–Kier alpha value is -2.69. The normalized spacial score (nSPS) is 20.7. The van der Waals surface area contributed by atoms with Crippen LogP contribution in [0.2, 0.25) is 0 Å². The molecule has 5 heteroatoms. The number of aromatic nitrogens is 3. The summed E-state index contributed by atoms with van der Waals surface area (Å²) >= 11 is 0. The molecule has 2 atom stereocenters. The van der Waals surface area contributed by atoms with Crippen LogP contribution in [0.4, 0.5) is 11.6 Å². The zero-order chi connectivity index (χ0) is 15.6. The first-order valence-electron chi connectivity index (χ1n) is 8.00. The Balaban J connectivity index is 1.65. The molecule has 0 unspecified atom stereocenters. The Kier molecular flexibility index (Phi) is 3.54. The van der Waals surface area contributed by atoms with E-state index in [4.69, 9.17) is 5.73 Å². The Labute approximate surface area is 135 Å². The third-order valence-electron chi connectivity index (χ3n) is 4.58. The van der Waals surface area contributed by atoms with Gasteiger partial charge in [-0.15, -0.1) is 0 Å². The molecule has 3 aromatic rings. The van der Waals surface area contributed by atoms with Crippen molar-refractivity contribution in [2.75, 3.05) is 11.1 Å². The minimum Gasteiger partial charge on any atom is -0.384 e. The fraction of sp³-hybridized carbons (Fsp3) is 0.278. The molecule has 23 heavy (non-hydrogen) atoms. The first-order chi connectivity index (χ1) is 11.3. The average Bonchev–Trinajstić information content (AvgIpc) is 3.04. The average molecular weight is 305 g/mol. The van der Waals surface area contributed by atoms with Crippen LogP contribution in [0.25, 0.3) is 11.0 Å². The van der Waals surface area contributed by atoms with E-state index in [0.29, 0.717) is 23.4 Å². The van der Waals surface area contributed by atoms with Gasteiger partial charge in [-0.05, 0) is 30.5 Å². The maximum Gasteiger partial charge on any atom is 0.166 e. The molecular formula is C18H19N5. The summed E-state index contributed by atoms with van der Waals surface area (Å²) < 4.78 is 0. The predicted molar refractivity (Wildman–Crippen MR) is 92.2 cm³/mol. The molecule has 3 N–H and O–H groups in total. The van der Waals surface area contributed by atoms with Gasteiger partial charge in [0.05, 0.1) is 5.39 Å². The summed E-state index contributed by atoms with van der Waals surface area (Å²) in [6.45, 7) is 0. The smallest absolute Gasteiger partial charge is 0.166 e. The number of hydrogen-bond donors (Lipinski definition) is 2. The lowest BCUT2D eigenvalue weighted by atomic mass is 9.94. The topological polar surface area (TPSA) is 76.7 Å². The molecule has 0 saturated heterocycles. The van der Waals surface area contributed by atoms with Gasteiger partial charge >= 0.3 is 0 Å². The molecule has 0 radical (unpaired) electrons. The van der Waals surface area contributed by atoms with E-state index in [1.54, 1.807) is 12.4 Å². The summed E-state index contributed by atoms with van der Waals surface area (Å²) in [6, 6.07) is 14.8. The van der Waals surface area contributed by atoms with Crippen molar-refractivity contribution in [3.63, 3.8) is 0 Å². The van der Waals surface area contributed by atoms with Gasteiger partial charge in [-0.25, -0.2) is 15.0 Å². The lowest BCUT2D eigenvalue weighted by Crippen LogP contribution is -2.23. The summed E-state index contributed by atoms with van der Waals surface area (Å²) in [5.74, 6) is 1.84. The number of fused-ring (bicyclic) bond motifs is 1. The third-order valence-corrected chi connectivity index (χ3v) is 4.58. The van der Waals surface area contributed by atoms with Gasteiger partial charge in [0.2, 0.25) is 0 Å². The van der Waals surface area contributed by atoms with Crippen LogP contribution in [-0.2, 0) is 0 Å². The molecule has 2 heterocycles. The monoisotopic (exact) mass is 305 g/mol. The van der Waals surface area contributed by atoms with Gasteiger partial charge in [-0.3, -0.25) is 0 Å². The van der Waals surface area contributed by atoms with E-state index in [-0.39, 0.29) is 0 Å². The van der Waals surface area contributed by atoms with Crippen LogP contribution in [0.1, 0.15) is 30.7 Å². The molecule has 0 aliphatic heterocycles. The second kappa shape index (κ2) is 5.83. The molecule has 1 fully saturated rings. The molecule has 0 amide bonds. The highest BCUT2D eigenvalue weighted by Crippen LogP contribution is 2.36. The van der Waals surface area contributed by atoms with Gasteiger partial charge in [-0.2, -0.15) is 0 Å². The highest BCUT2D eigenvalue weighted by Gasteiger charge is 2.29. The van der Waals surface area contributed by atoms with Gasteiger partial charge in [0.15, 0.2) is 5.65 Å². The SMILES string of the molecule is Nc1ccc2c(N[C@H]3CCC[C@@H]3c3ccccc3)ncnc2n1. The van der Waals surface area contributed by atoms with E-state index in [1.165, 1.54) is 18.4 Å². The zero-order valence-corrected chi connectivity index (χ0v) is 12.8. The third kappa shape index (κ3) is 2.70. The van der Waals surface area contributed by atoms with Crippen LogP contribution in [0.15, 0.2) is 48.8 Å². The molecule has 116 valence electrons. The van der Waals surface area contributed by atoms with Crippen molar-refractivity contribution < 1.29 is 0 Å². The van der Waals surface area contributed by atoms with Crippen molar-refractivity contribution in [1.82, 2.24) is 15.0 Å². The minimum absolute atomic E-state index is 0.382. The summed E-state index contributed by atoms with van der Waals surface area (Å²) in [4.78, 5) is 12.9. The van der Waals surface area contributed by atoms with E-state index in [9.17, 15) is 0 Å². The summed E-state index contributed by atoms with van der Waals surface area (Å²) in [6.07, 6.45) is 5.12. The molecule has 1 aliphatic carbocycles. The fourth-order valence-electron chi connectivity index (χ4n) is 3.48. The van der Waals surface area contributed by atoms with Crippen molar-refractivity contribution in [3.05, 3.63) is 54.4 Å². The molecule has 2 aromatic heterocycles. The molecule has 1 aliphatic rings. The maximum absolute atomic E-state index is 5.74. The highest BCUT2D eigenvalue weighted by atomic mass is 15.1. The fourth-order valence-corrected chi connectivity index (χ4v) is 3.48. The van der Waals surface area contributed by atoms with E-state index >= 15 is 0 Å². The minimum atomic E-state index is 0.382. The lowest BCUT2D eigenvalue weighted by Gasteiger charge is -2.22. The standard InChI is InChI=1S/C18H19N5/c19-16-10-9-14-17(20-11-21-18(14)23-16)22-15-8-4-7-13(15)12-5-2-1-3-6-12/h1-3,5-6,9-11,13,15H,4,7-8H2,(H3,19,20,21,22,23)/t13-,15+/m1/s1. The summed E-state index contributed by atoms with van der Waals surface area (Å²) in [7, 11) is 0. The first-order valence-corrected chi connectivity index (χ1v) is 8.00. The molecule has 4 rings (SSSR count). The number of benzene rings is 1. The Bertz CT molecular complexity index is 818. The van der Waals surface area contributed by atoms with Crippen molar-refractivity contribution >= 4 is 22.7 Å². The number of nitrogens with zero attached hydrogens (tertiary/aromatic N) is 3. The number of rotatable bonds is 3. The number of nitrogen functional groups attached to an aromatic ring is 1. The van der Waals surface area contributed by atoms with Gasteiger partial charge in [0.25, 0.3) is 0 Å². The molecule has 1 saturated carbocycles. The number of nitrogens with two attached hydrogens (primary N) is 1. The molecule has 0 bridgehead atoms. The van der Waals surface area contributed by atoms with Crippen LogP contribution < -0.4 is 11.1 Å². The number of nitrogens with one attached hydrogen (secondary N) is 1. The molecular weight excluding hydrogens is 286 g/mol. The van der Waals surface area contributed by atoms with Gasteiger partial charge in [0, 0.05) is 12.0 Å². The van der Waals surface area contributed by atoms with E-state index in [2.05, 4.69) is 50.6 Å². The molecule has 5 nitrogen and oxygen atoms in total. The maximum atomic E-state index is 5.74. The zero-order valence-electron chi connectivity index (χ0n) is 12.8. The quantitative estimate of drug-likeness (QED) is 0.776. The van der Waals surface area contributed by atoms with Crippen molar-refractivity contribution in [2.45, 2.75) is 31.2 Å². The van der Waals surface area contributed by atoms with Crippen molar-refractivity contribution in [1.29, 1.82) is 0 Å². The van der Waals surface area contributed by atoms with Crippen LogP contribution in [0, 0.1) is 0 Å². The van der Waals surface area contributed by atoms with E-state index < -0.39 is 0 Å². The van der Waals surface area contributed by atoms with Crippen molar-refractivity contribution in [2.24, 2.45) is 0 Å². The Morgan fingerprint density at radius 2 is 1.87 bits per heavy atom. The van der Waals surface area contributed by atoms with E-state index in [1.807, 2.05) is 6.07 Å².